The Balaban J connectivity index is 2.31. The van der Waals surface area contributed by atoms with Crippen molar-refractivity contribution in [3.63, 3.8) is 0 Å². The second-order valence-corrected chi connectivity index (χ2v) is 3.69. The molecule has 3 nitrogen and oxygen atoms in total. The van der Waals surface area contributed by atoms with E-state index in [-0.39, 0.29) is 5.02 Å². The molecule has 2 rings (SSSR count). The van der Waals surface area contributed by atoms with Gasteiger partial charge in [0.1, 0.15) is 12.1 Å². The van der Waals surface area contributed by atoms with Gasteiger partial charge in [-0.25, -0.2) is 9.97 Å². The smallest absolute Gasteiger partial charge is 0.404 e. The van der Waals surface area contributed by atoms with E-state index in [1.807, 2.05) is 0 Å². The Labute approximate surface area is 105 Å². The van der Waals surface area contributed by atoms with Crippen molar-refractivity contribution >= 4 is 11.6 Å². The third-order valence-corrected chi connectivity index (χ3v) is 2.33. The molecule has 1 aromatic heterocycles. The molecule has 94 valence electrons. The summed E-state index contributed by atoms with van der Waals surface area (Å²) < 4.78 is 39.9. The van der Waals surface area contributed by atoms with Crippen LogP contribution < -0.4 is 4.74 Å². The van der Waals surface area contributed by atoms with E-state index in [2.05, 4.69) is 14.7 Å². The molecule has 2 aromatic rings. The quantitative estimate of drug-likeness (QED) is 0.837. The zero-order valence-corrected chi connectivity index (χ0v) is 9.53. The highest BCUT2D eigenvalue weighted by atomic mass is 35.5. The van der Waals surface area contributed by atoms with Gasteiger partial charge in [0.15, 0.2) is 0 Å². The van der Waals surface area contributed by atoms with Gasteiger partial charge in [0.25, 0.3) is 0 Å². The summed E-state index contributed by atoms with van der Waals surface area (Å²) in [6.45, 7) is 0. The van der Waals surface area contributed by atoms with Gasteiger partial charge in [0.05, 0.1) is 10.7 Å². The van der Waals surface area contributed by atoms with Crippen LogP contribution in [0.3, 0.4) is 0 Å². The summed E-state index contributed by atoms with van der Waals surface area (Å²) in [5.41, 5.74) is 1.14. The minimum absolute atomic E-state index is 0.136. The van der Waals surface area contributed by atoms with Crippen LogP contribution in [0.5, 0.6) is 5.75 Å². The average molecular weight is 275 g/mol. The molecule has 1 aromatic carbocycles. The molecule has 0 aliphatic heterocycles. The molecule has 0 aliphatic rings. The zero-order valence-electron chi connectivity index (χ0n) is 8.78. The van der Waals surface area contributed by atoms with Crippen LogP contribution in [-0.4, -0.2) is 16.3 Å². The first kappa shape index (κ1) is 12.6. The maximum Gasteiger partial charge on any atom is 0.573 e. The molecule has 0 N–H and O–H groups in total. The molecular formula is C11H6ClF3N2O. The summed E-state index contributed by atoms with van der Waals surface area (Å²) >= 11 is 5.72. The molecule has 0 fully saturated rings. The Kier molecular flexibility index (Phi) is 3.38. The van der Waals surface area contributed by atoms with Crippen molar-refractivity contribution in [2.75, 3.05) is 0 Å². The standard InChI is InChI=1S/C11H6ClF3N2O/c12-8-5-7(9-3-4-16-6-17-9)1-2-10(8)18-11(13,14)15/h1-6H. The first-order valence-corrected chi connectivity index (χ1v) is 5.15. The molecule has 0 saturated heterocycles. The number of alkyl halides is 3. The van der Waals surface area contributed by atoms with Crippen LogP contribution in [0.4, 0.5) is 13.2 Å². The second-order valence-electron chi connectivity index (χ2n) is 3.29. The van der Waals surface area contributed by atoms with Crippen LogP contribution in [0.15, 0.2) is 36.8 Å². The summed E-state index contributed by atoms with van der Waals surface area (Å²) in [5, 5.41) is -0.136. The van der Waals surface area contributed by atoms with Crippen LogP contribution in [0.2, 0.25) is 5.02 Å². The predicted molar refractivity (Wildman–Crippen MR) is 59.2 cm³/mol. The van der Waals surface area contributed by atoms with Crippen molar-refractivity contribution in [3.05, 3.63) is 41.8 Å². The molecule has 0 radical (unpaired) electrons. The number of halogens is 4. The largest absolute Gasteiger partial charge is 0.573 e. The van der Waals surface area contributed by atoms with Crippen LogP contribution >= 0.6 is 11.6 Å². The minimum atomic E-state index is -4.76. The maximum absolute atomic E-state index is 12.0. The fourth-order valence-corrected chi connectivity index (χ4v) is 1.55. The normalized spacial score (nSPS) is 11.3. The Hall–Kier alpha value is -1.82. The fraction of sp³-hybridized carbons (Fsp3) is 0.0909. The first-order chi connectivity index (χ1) is 8.46. The lowest BCUT2D eigenvalue weighted by molar-refractivity contribution is -0.274. The van der Waals surface area contributed by atoms with Crippen molar-refractivity contribution in [1.29, 1.82) is 0 Å². The molecule has 0 spiro atoms. The lowest BCUT2D eigenvalue weighted by Gasteiger charge is -2.11. The predicted octanol–water partition coefficient (Wildman–Crippen LogP) is 3.70. The highest BCUT2D eigenvalue weighted by Crippen LogP contribution is 2.33. The number of rotatable bonds is 2. The van der Waals surface area contributed by atoms with Crippen LogP contribution in [0, 0.1) is 0 Å². The summed E-state index contributed by atoms with van der Waals surface area (Å²) in [6.07, 6.45) is -1.90. The van der Waals surface area contributed by atoms with Gasteiger partial charge >= 0.3 is 6.36 Å². The molecule has 0 unspecified atom stereocenters. The third kappa shape index (κ3) is 3.10. The topological polar surface area (TPSA) is 35.0 Å². The van der Waals surface area contributed by atoms with E-state index in [1.165, 1.54) is 24.7 Å². The van der Waals surface area contributed by atoms with Gasteiger partial charge in [-0.2, -0.15) is 0 Å². The van der Waals surface area contributed by atoms with E-state index < -0.39 is 12.1 Å². The summed E-state index contributed by atoms with van der Waals surface area (Å²) in [6, 6.07) is 5.56. The van der Waals surface area contributed by atoms with E-state index in [9.17, 15) is 13.2 Å². The molecular weight excluding hydrogens is 269 g/mol. The number of aromatic nitrogens is 2. The van der Waals surface area contributed by atoms with E-state index in [0.717, 1.165) is 6.07 Å². The number of nitrogens with zero attached hydrogens (tertiary/aromatic N) is 2. The van der Waals surface area contributed by atoms with Crippen molar-refractivity contribution in [1.82, 2.24) is 9.97 Å². The number of hydrogen-bond acceptors (Lipinski definition) is 3. The molecule has 0 aliphatic carbocycles. The lowest BCUT2D eigenvalue weighted by atomic mass is 10.1. The Morgan fingerprint density at radius 1 is 1.17 bits per heavy atom. The van der Waals surface area contributed by atoms with E-state index in [4.69, 9.17) is 11.6 Å². The number of benzene rings is 1. The van der Waals surface area contributed by atoms with Crippen molar-refractivity contribution in [2.24, 2.45) is 0 Å². The highest BCUT2D eigenvalue weighted by molar-refractivity contribution is 6.32. The Morgan fingerprint density at radius 2 is 1.94 bits per heavy atom. The molecule has 0 atom stereocenters. The summed E-state index contributed by atoms with van der Waals surface area (Å²) in [7, 11) is 0. The van der Waals surface area contributed by atoms with Gasteiger partial charge in [-0.3, -0.25) is 0 Å². The molecule has 7 heteroatoms. The number of hydrogen-bond donors (Lipinski definition) is 0. The SMILES string of the molecule is FC(F)(F)Oc1ccc(-c2ccncn2)cc1Cl. The van der Waals surface area contributed by atoms with E-state index in [0.29, 0.717) is 11.3 Å². The second kappa shape index (κ2) is 4.81. The van der Waals surface area contributed by atoms with Gasteiger partial charge in [0, 0.05) is 11.8 Å². The first-order valence-electron chi connectivity index (χ1n) is 4.77. The van der Waals surface area contributed by atoms with Crippen LogP contribution in [-0.2, 0) is 0 Å². The minimum Gasteiger partial charge on any atom is -0.404 e. The monoisotopic (exact) mass is 274 g/mol. The van der Waals surface area contributed by atoms with Gasteiger partial charge in [-0.05, 0) is 24.3 Å². The fourth-order valence-electron chi connectivity index (χ4n) is 1.33. The van der Waals surface area contributed by atoms with Gasteiger partial charge in [-0.15, -0.1) is 13.2 Å². The summed E-state index contributed by atoms with van der Waals surface area (Å²) in [5.74, 6) is -0.443. The highest BCUT2D eigenvalue weighted by Gasteiger charge is 2.32. The van der Waals surface area contributed by atoms with Crippen LogP contribution in [0.25, 0.3) is 11.3 Å². The maximum atomic E-state index is 12.0. The van der Waals surface area contributed by atoms with Crippen molar-refractivity contribution < 1.29 is 17.9 Å². The third-order valence-electron chi connectivity index (χ3n) is 2.04. The molecule has 0 bridgehead atoms. The van der Waals surface area contributed by atoms with E-state index >= 15 is 0 Å². The molecule has 0 amide bonds. The van der Waals surface area contributed by atoms with E-state index in [1.54, 1.807) is 6.07 Å². The van der Waals surface area contributed by atoms with Gasteiger partial charge < -0.3 is 4.74 Å². The van der Waals surface area contributed by atoms with Gasteiger partial charge in [-0.1, -0.05) is 11.6 Å². The van der Waals surface area contributed by atoms with Gasteiger partial charge in [0.2, 0.25) is 0 Å². The number of ether oxygens (including phenoxy) is 1. The summed E-state index contributed by atoms with van der Waals surface area (Å²) in [4.78, 5) is 7.70. The molecule has 0 saturated carbocycles. The zero-order chi connectivity index (χ0) is 13.2. The molecule has 18 heavy (non-hydrogen) atoms. The average Bonchev–Trinajstić information content (AvgIpc) is 2.31. The van der Waals surface area contributed by atoms with Crippen molar-refractivity contribution in [3.8, 4) is 17.0 Å². The Morgan fingerprint density at radius 3 is 2.50 bits per heavy atom. The van der Waals surface area contributed by atoms with Crippen LogP contribution in [0.1, 0.15) is 0 Å². The Bertz CT molecular complexity index is 546. The molecule has 1 heterocycles. The lowest BCUT2D eigenvalue weighted by Crippen LogP contribution is -2.17. The van der Waals surface area contributed by atoms with Crippen molar-refractivity contribution in [2.45, 2.75) is 6.36 Å².